The van der Waals surface area contributed by atoms with Crippen LogP contribution in [0.5, 0.6) is 0 Å². The van der Waals surface area contributed by atoms with Gasteiger partial charge in [0.2, 0.25) is 88.6 Å². The molecule has 0 spiro atoms. The molecule has 0 unspecified atom stereocenters. The van der Waals surface area contributed by atoms with Gasteiger partial charge in [0.15, 0.2) is 17.5 Å². The molecule has 824 valence electrons. The number of benzene rings is 2. The molecule has 4 heterocycles. The van der Waals surface area contributed by atoms with E-state index in [1.54, 1.807) is 55.6 Å². The van der Waals surface area contributed by atoms with Crippen LogP contribution in [0, 0.1) is 11.3 Å². The summed E-state index contributed by atoms with van der Waals surface area (Å²) in [5.74, 6) is -18.2. The van der Waals surface area contributed by atoms with Gasteiger partial charge in [0, 0.05) is 132 Å². The summed E-state index contributed by atoms with van der Waals surface area (Å²) in [5, 5.41) is 84.8. The summed E-state index contributed by atoms with van der Waals surface area (Å²) >= 11 is 0. The molecule has 3 aliphatic rings. The van der Waals surface area contributed by atoms with Crippen molar-refractivity contribution in [3.8, 4) is 0 Å². The summed E-state index contributed by atoms with van der Waals surface area (Å²) in [4.78, 5) is 282. The number of aromatic amines is 1. The smallest absolute Gasteiger partial charge is 0.306 e. The summed E-state index contributed by atoms with van der Waals surface area (Å²) < 4.78 is 10.7. The number of aliphatic carboxylic acids is 2. The molecule has 0 radical (unpaired) electrons. The number of hydrogen-bond donors (Lipinski definition) is 23. The molecule has 15 amide bonds. The van der Waals surface area contributed by atoms with Crippen LogP contribution in [0.25, 0.3) is 10.9 Å². The maximum absolute atomic E-state index is 15.4. The number of H-pyrrole nitrogens is 1. The zero-order valence-electron chi connectivity index (χ0n) is 85.5. The van der Waals surface area contributed by atoms with E-state index >= 15 is 14.4 Å². The minimum Gasteiger partial charge on any atom is -0.481 e. The number of nitrogens with one attached hydrogen (secondary N) is 16. The molecule has 6 rings (SSSR count). The van der Waals surface area contributed by atoms with Gasteiger partial charge in [-0.05, 0) is 88.3 Å². The summed E-state index contributed by atoms with van der Waals surface area (Å²) in [6, 6.07) is -1.32. The van der Waals surface area contributed by atoms with E-state index < -0.39 is 243 Å². The number of hydrogen-bond acceptors (Lipinski definition) is 27. The molecule has 26 N–H and O–H groups in total. The molecule has 1 aromatic heterocycles. The summed E-state index contributed by atoms with van der Waals surface area (Å²) in [5.41, 5.74) is 19.4. The third kappa shape index (κ3) is 49.0. The number of amides is 15. The lowest BCUT2D eigenvalue weighted by atomic mass is 9.96. The number of carbonyl (C=O) groups is 20. The van der Waals surface area contributed by atoms with Gasteiger partial charge in [0.05, 0.1) is 57.6 Å². The van der Waals surface area contributed by atoms with Gasteiger partial charge in [-0.25, -0.2) is 0 Å². The van der Waals surface area contributed by atoms with Gasteiger partial charge < -0.3 is 131 Å². The van der Waals surface area contributed by atoms with E-state index in [0.29, 0.717) is 43.2 Å². The SMILES string of the molecule is CCCC[C@H](NC(=O)[C@H](CN)NC(=O)[C@H](CC1=CCC=N1)NC(=O)[C@H](CCC(N)=O)NC(=O)[C@H](CO)NC(=O)CNC(=O)COCCOCCNC(=O)CC[C@H](CC(=O)CNC(=O)CCCCCCCCCCCCCCCCC(=O)O)C(=O)O)C(=O)N[C@H]1CCC(=O)CCCCC[C@@H](C(C)=O)NC(=O)[C@H](Cc2c[nH]c3ccccc23)NC(=O)[C@H](CCCNC(=N)N)NC(=O)[C@@H](Cc2ccccc2)NC(=O)[C@@H]2C[C@@H](O)CN2C1=O. The Morgan fingerprint density at radius 1 is 0.557 bits per heavy atom. The number of primary amides is 1. The molecule has 3 aliphatic heterocycles. The second-order valence-electron chi connectivity index (χ2n) is 37.8. The lowest BCUT2D eigenvalue weighted by Crippen LogP contribution is -2.61. The Morgan fingerprint density at radius 3 is 1.79 bits per heavy atom. The Kier molecular flexibility index (Phi) is 58.0. The number of unbranched alkanes of at least 4 members (excludes halogenated alkanes) is 14. The lowest BCUT2D eigenvalue weighted by Gasteiger charge is -2.31. The van der Waals surface area contributed by atoms with Crippen LogP contribution in [0.15, 0.2) is 77.6 Å². The van der Waals surface area contributed by atoms with E-state index in [0.717, 1.165) is 73.6 Å². The highest BCUT2D eigenvalue weighted by Gasteiger charge is 2.45. The number of ketones is 3. The van der Waals surface area contributed by atoms with E-state index in [9.17, 15) is 96.8 Å². The van der Waals surface area contributed by atoms with Crippen LogP contribution >= 0.6 is 0 Å². The van der Waals surface area contributed by atoms with Crippen LogP contribution < -0.4 is 91.6 Å². The fraction of sp³-hybridized carbons (Fsp3) is 0.627. The molecule has 0 bridgehead atoms. The third-order valence-electron chi connectivity index (χ3n) is 25.7. The van der Waals surface area contributed by atoms with Crippen LogP contribution in [-0.4, -0.2) is 305 Å². The Morgan fingerprint density at radius 2 is 1.15 bits per heavy atom. The maximum atomic E-state index is 15.4. The first-order valence-electron chi connectivity index (χ1n) is 51.9. The Labute approximate surface area is 866 Å². The number of fused-ring (bicyclic) bond motifs is 2. The zero-order chi connectivity index (χ0) is 109. The number of carboxylic acids is 2. The highest BCUT2D eigenvalue weighted by atomic mass is 16.5. The Balaban J connectivity index is 1.02. The topological polar surface area (TPSA) is 742 Å². The minimum atomic E-state index is -1.80. The lowest BCUT2D eigenvalue weighted by molar-refractivity contribution is -0.144. The van der Waals surface area contributed by atoms with Gasteiger partial charge in [0.25, 0.3) is 0 Å². The van der Waals surface area contributed by atoms with Crippen molar-refractivity contribution in [1.29, 1.82) is 5.41 Å². The number of Topliss-reactive ketones (excluding diaryl/α,β-unsaturated/α-hetero) is 3. The van der Waals surface area contributed by atoms with Crippen molar-refractivity contribution < 1.29 is 126 Å². The van der Waals surface area contributed by atoms with Crippen molar-refractivity contribution in [3.63, 3.8) is 0 Å². The molecule has 0 saturated carbocycles. The molecule has 13 atom stereocenters. The summed E-state index contributed by atoms with van der Waals surface area (Å²) in [6.45, 7) is -0.967. The van der Waals surface area contributed by atoms with Crippen LogP contribution in [0.4, 0.5) is 0 Å². The van der Waals surface area contributed by atoms with Gasteiger partial charge in [-0.1, -0.05) is 164 Å². The molecule has 2 saturated heterocycles. The normalized spacial score (nSPS) is 18.7. The summed E-state index contributed by atoms with van der Waals surface area (Å²) in [6.07, 6.45) is 16.6. The number of carboxylic acid groups (broad SMARTS) is 2. The number of carbonyl (C=O) groups excluding carboxylic acids is 18. The molecule has 47 nitrogen and oxygen atoms in total. The number of aliphatic hydroxyl groups excluding tert-OH is 2. The van der Waals surface area contributed by atoms with Crippen molar-refractivity contribution in [1.82, 2.24) is 84.3 Å². The first kappa shape index (κ1) is 124. The zero-order valence-corrected chi connectivity index (χ0v) is 85.5. The van der Waals surface area contributed by atoms with Crippen molar-refractivity contribution in [3.05, 3.63) is 83.7 Å². The quantitative estimate of drug-likeness (QED) is 0.0204. The van der Waals surface area contributed by atoms with E-state index in [1.165, 1.54) is 38.8 Å². The number of aliphatic hydroxyl groups is 2. The standard InChI is InChI=1S/C102H155N21O26/c1-3-4-34-75(91(136)118-78-42-41-69(126)32-21-18-22-35-73(64(2)125)114-95(140)80(54-67-58-110-74-36-26-25-33-72(67)74)119-92(137)76(37-28-47-109-102(105)106)115-94(139)79(52-65-29-19-17-20-30-65)121-99(144)84-56-71(128)61-123(84)100(78)145)116-97(142)82(57-103)122-96(141)81(55-68-31-27-46-107-68)120-93(138)77(43-44-85(104)129)117-98(143)83(62-124)113-88(132)60-112-89(133)63-149-51-50-148-49-48-108-87(131)45-40-66(101(146)147)53-70(127)59-111-86(130)38-23-15-13-11-9-7-5-6-8-10-12-14-16-24-39-90(134)135/h17,19-20,25-26,29-31,33,36,46,58,66,71,73,75-84,110,124,128H,3-16,18,21-24,27-28,32,34-35,37-45,47-57,59-63,103H2,1-2H3,(H2,104,129)(H,108,131)(H,111,130)(H,112,133)(H,113,132)(H,114,140)(H,115,139)(H,116,142)(H,117,143)(H,118,136)(H,119,137)(H,120,138)(H,121,144)(H,122,141)(H,134,135)(H,146,147)(H4,105,106,109)/t66-,71-,73+,75+,76+,77+,78+,79-,80+,81+,82+,83+,84+/m1/s1. The van der Waals surface area contributed by atoms with E-state index in [1.807, 2.05) is 18.2 Å². The molecule has 2 fully saturated rings. The predicted molar refractivity (Wildman–Crippen MR) is 547 cm³/mol. The molecule has 2 aromatic carbocycles. The van der Waals surface area contributed by atoms with Crippen LogP contribution in [0.3, 0.4) is 0 Å². The van der Waals surface area contributed by atoms with Gasteiger partial charge in [-0.2, -0.15) is 0 Å². The first-order valence-corrected chi connectivity index (χ1v) is 51.9. The molecule has 47 heteroatoms. The van der Waals surface area contributed by atoms with Crippen molar-refractivity contribution >= 4 is 141 Å². The van der Waals surface area contributed by atoms with Gasteiger partial charge in [-0.3, -0.25) is 106 Å². The fourth-order valence-corrected chi connectivity index (χ4v) is 17.2. The van der Waals surface area contributed by atoms with Gasteiger partial charge in [-0.15, -0.1) is 0 Å². The monoisotopic (exact) mass is 2090 g/mol. The van der Waals surface area contributed by atoms with Crippen LogP contribution in [0.2, 0.25) is 0 Å². The van der Waals surface area contributed by atoms with E-state index in [4.69, 9.17) is 37.2 Å². The van der Waals surface area contributed by atoms with Gasteiger partial charge >= 0.3 is 11.9 Å². The second kappa shape index (κ2) is 69.6. The number of nitrogens with zero attached hydrogens (tertiary/aromatic N) is 2. The third-order valence-corrected chi connectivity index (χ3v) is 25.7. The number of ether oxygens (including phenoxy) is 2. The molecule has 3 aromatic rings. The number of rotatable bonds is 65. The predicted octanol–water partition coefficient (Wildman–Crippen LogP) is 0.232. The minimum absolute atomic E-state index is 0.0116. The number of aromatic nitrogens is 1. The van der Waals surface area contributed by atoms with Crippen LogP contribution in [-0.2, 0) is 118 Å². The number of allylic oxidation sites excluding steroid dienone is 1. The number of guanidine groups is 1. The molecule has 0 aliphatic carbocycles. The average Bonchev–Trinajstić information content (AvgIpc) is 1.68. The maximum Gasteiger partial charge on any atom is 0.306 e. The van der Waals surface area contributed by atoms with Gasteiger partial charge in [0.1, 0.15) is 72.8 Å². The van der Waals surface area contributed by atoms with Crippen molar-refractivity contribution in [2.75, 3.05) is 72.3 Å². The Hall–Kier alpha value is -13.5. The largest absolute Gasteiger partial charge is 0.481 e. The van der Waals surface area contributed by atoms with E-state index in [-0.39, 0.29) is 166 Å². The number of aliphatic imine (C=N–C) groups is 1. The van der Waals surface area contributed by atoms with Crippen molar-refractivity contribution in [2.24, 2.45) is 28.1 Å². The Bertz CT molecular complexity index is 4980. The fourth-order valence-electron chi connectivity index (χ4n) is 17.2. The molecular weight excluding hydrogens is 1940 g/mol. The van der Waals surface area contributed by atoms with Crippen molar-refractivity contribution in [2.45, 2.75) is 330 Å². The highest BCUT2D eigenvalue weighted by molar-refractivity contribution is 6.01. The second-order valence-corrected chi connectivity index (χ2v) is 37.8. The number of para-hydroxylation sites is 1. The van der Waals surface area contributed by atoms with Crippen LogP contribution in [0.1, 0.15) is 256 Å². The molecular formula is C102H155N21O26. The summed E-state index contributed by atoms with van der Waals surface area (Å²) in [7, 11) is 0. The van der Waals surface area contributed by atoms with E-state index in [2.05, 4.69) is 84.4 Å². The average molecular weight is 2090 g/mol. The first-order chi connectivity index (χ1) is 71.4. The molecule has 149 heavy (non-hydrogen) atoms. The highest BCUT2D eigenvalue weighted by Crippen LogP contribution is 2.26. The number of nitrogens with two attached hydrogens (primary N) is 3.